The molecule has 1 amide bonds. The lowest BCUT2D eigenvalue weighted by molar-refractivity contribution is -0.115. The Balaban J connectivity index is 1.69. The summed E-state index contributed by atoms with van der Waals surface area (Å²) in [6.07, 6.45) is 3.36. The average Bonchev–Trinajstić information content (AvgIpc) is 3.20. The molecule has 23 heavy (non-hydrogen) atoms. The zero-order valence-electron chi connectivity index (χ0n) is 12.5. The van der Waals surface area contributed by atoms with Crippen LogP contribution in [0.2, 0.25) is 0 Å². The van der Waals surface area contributed by atoms with E-state index in [-0.39, 0.29) is 11.7 Å². The molecule has 8 heteroatoms. The van der Waals surface area contributed by atoms with Crippen molar-refractivity contribution in [3.63, 3.8) is 0 Å². The van der Waals surface area contributed by atoms with Crippen LogP contribution in [0, 0.1) is 6.92 Å². The van der Waals surface area contributed by atoms with Crippen LogP contribution in [0.15, 0.2) is 52.3 Å². The largest absolute Gasteiger partial charge is 0.319 e. The molecule has 6 nitrogen and oxygen atoms in total. The van der Waals surface area contributed by atoms with Crippen LogP contribution in [0.5, 0.6) is 0 Å². The SMILES string of the molecule is Cc1ccc(Cn2ccsc2=NC(=O)CSc2ncn[nH]2)cc1. The Labute approximate surface area is 141 Å². The smallest absolute Gasteiger partial charge is 0.258 e. The number of carbonyl (C=O) groups is 1. The van der Waals surface area contributed by atoms with Crippen LogP contribution in [0.1, 0.15) is 11.1 Å². The van der Waals surface area contributed by atoms with Gasteiger partial charge in [0.2, 0.25) is 0 Å². The van der Waals surface area contributed by atoms with Crippen LogP contribution in [0.25, 0.3) is 0 Å². The molecule has 0 saturated carbocycles. The molecule has 2 heterocycles. The lowest BCUT2D eigenvalue weighted by Crippen LogP contribution is -2.17. The minimum Gasteiger partial charge on any atom is -0.319 e. The third-order valence-electron chi connectivity index (χ3n) is 3.08. The minimum atomic E-state index is -0.188. The lowest BCUT2D eigenvalue weighted by atomic mass is 10.1. The van der Waals surface area contributed by atoms with Crippen LogP contribution < -0.4 is 4.80 Å². The highest BCUT2D eigenvalue weighted by molar-refractivity contribution is 7.99. The molecule has 118 valence electrons. The summed E-state index contributed by atoms with van der Waals surface area (Å²) in [7, 11) is 0. The van der Waals surface area contributed by atoms with Gasteiger partial charge in [0.1, 0.15) is 6.33 Å². The second-order valence-corrected chi connectivity index (χ2v) is 6.72. The van der Waals surface area contributed by atoms with Crippen molar-refractivity contribution in [1.82, 2.24) is 19.7 Å². The number of carbonyl (C=O) groups excluding carboxylic acids is 1. The molecule has 1 aromatic carbocycles. The summed E-state index contributed by atoms with van der Waals surface area (Å²) in [6, 6.07) is 8.34. The Hall–Kier alpha value is -2.19. The van der Waals surface area contributed by atoms with Gasteiger partial charge in [0.05, 0.1) is 5.75 Å². The second-order valence-electron chi connectivity index (χ2n) is 4.88. The Morgan fingerprint density at radius 1 is 1.39 bits per heavy atom. The molecule has 3 rings (SSSR count). The van der Waals surface area contributed by atoms with E-state index in [0.29, 0.717) is 16.5 Å². The quantitative estimate of drug-likeness (QED) is 0.720. The van der Waals surface area contributed by atoms with Crippen molar-refractivity contribution in [2.75, 3.05) is 5.75 Å². The third-order valence-corrected chi connectivity index (χ3v) is 4.73. The fourth-order valence-corrected chi connectivity index (χ4v) is 3.24. The van der Waals surface area contributed by atoms with E-state index in [9.17, 15) is 4.79 Å². The van der Waals surface area contributed by atoms with Crippen molar-refractivity contribution in [2.45, 2.75) is 18.6 Å². The first kappa shape index (κ1) is 15.7. The highest BCUT2D eigenvalue weighted by atomic mass is 32.2. The molecule has 0 spiro atoms. The Morgan fingerprint density at radius 3 is 2.96 bits per heavy atom. The van der Waals surface area contributed by atoms with E-state index in [4.69, 9.17) is 0 Å². The van der Waals surface area contributed by atoms with Crippen molar-refractivity contribution in [3.05, 3.63) is 58.1 Å². The molecule has 0 aliphatic heterocycles. The molecular weight excluding hydrogens is 330 g/mol. The highest BCUT2D eigenvalue weighted by Crippen LogP contribution is 2.10. The van der Waals surface area contributed by atoms with Gasteiger partial charge >= 0.3 is 0 Å². The van der Waals surface area contributed by atoms with E-state index in [2.05, 4.69) is 51.4 Å². The van der Waals surface area contributed by atoms with Crippen LogP contribution >= 0.6 is 23.1 Å². The normalized spacial score (nSPS) is 11.8. The average molecular weight is 345 g/mol. The molecule has 0 fully saturated rings. The maximum Gasteiger partial charge on any atom is 0.258 e. The van der Waals surface area contributed by atoms with Gasteiger partial charge in [0.15, 0.2) is 9.96 Å². The monoisotopic (exact) mass is 345 g/mol. The Morgan fingerprint density at radius 2 is 2.22 bits per heavy atom. The number of nitrogens with one attached hydrogen (secondary N) is 1. The number of thioether (sulfide) groups is 1. The number of rotatable bonds is 5. The van der Waals surface area contributed by atoms with E-state index in [0.717, 1.165) is 0 Å². The zero-order valence-corrected chi connectivity index (χ0v) is 14.1. The van der Waals surface area contributed by atoms with Gasteiger partial charge in [-0.15, -0.1) is 11.3 Å². The van der Waals surface area contributed by atoms with E-state index in [1.54, 1.807) is 0 Å². The molecule has 0 radical (unpaired) electrons. The van der Waals surface area contributed by atoms with E-state index < -0.39 is 0 Å². The number of amides is 1. The summed E-state index contributed by atoms with van der Waals surface area (Å²) in [5.41, 5.74) is 2.41. The first-order valence-corrected chi connectivity index (χ1v) is 8.82. The molecule has 1 N–H and O–H groups in total. The standard InChI is InChI=1S/C15H15N5OS2/c1-11-2-4-12(5-3-11)8-20-6-7-22-15(20)18-13(21)9-23-14-16-10-17-19-14/h2-7,10H,8-9H2,1H3,(H,16,17,19). The maximum atomic E-state index is 12.0. The molecule has 2 aromatic heterocycles. The molecule has 3 aromatic rings. The summed E-state index contributed by atoms with van der Waals surface area (Å²) < 4.78 is 1.98. The van der Waals surface area contributed by atoms with Gasteiger partial charge in [-0.3, -0.25) is 9.89 Å². The first-order valence-electron chi connectivity index (χ1n) is 6.96. The summed E-state index contributed by atoms with van der Waals surface area (Å²) in [5, 5.41) is 9.00. The minimum absolute atomic E-state index is 0.188. The van der Waals surface area contributed by atoms with E-state index >= 15 is 0 Å². The molecule has 0 aliphatic carbocycles. The van der Waals surface area contributed by atoms with Crippen molar-refractivity contribution < 1.29 is 4.79 Å². The molecule has 0 saturated heterocycles. The fraction of sp³-hybridized carbons (Fsp3) is 0.200. The Bertz CT molecular complexity index is 833. The highest BCUT2D eigenvalue weighted by Gasteiger charge is 2.05. The number of aromatic amines is 1. The summed E-state index contributed by atoms with van der Waals surface area (Å²) in [6.45, 7) is 2.76. The number of benzene rings is 1. The maximum absolute atomic E-state index is 12.0. The van der Waals surface area contributed by atoms with Crippen LogP contribution in [-0.2, 0) is 11.3 Å². The topological polar surface area (TPSA) is 75.9 Å². The Kier molecular flexibility index (Phi) is 5.04. The number of hydrogen-bond acceptors (Lipinski definition) is 5. The molecule has 0 atom stereocenters. The molecular formula is C15H15N5OS2. The molecule has 0 bridgehead atoms. The van der Waals surface area contributed by atoms with Crippen molar-refractivity contribution in [1.29, 1.82) is 0 Å². The van der Waals surface area contributed by atoms with Crippen LogP contribution in [-0.4, -0.2) is 31.4 Å². The summed E-state index contributed by atoms with van der Waals surface area (Å²) in [5.74, 6) is 0.0453. The van der Waals surface area contributed by atoms with Gasteiger partial charge in [0.25, 0.3) is 5.91 Å². The number of aryl methyl sites for hydroxylation is 1. The first-order chi connectivity index (χ1) is 11.2. The van der Waals surface area contributed by atoms with E-state index in [1.807, 2.05) is 16.1 Å². The zero-order chi connectivity index (χ0) is 16.1. The van der Waals surface area contributed by atoms with Gasteiger partial charge in [-0.1, -0.05) is 41.6 Å². The van der Waals surface area contributed by atoms with Gasteiger partial charge in [-0.05, 0) is 12.5 Å². The van der Waals surface area contributed by atoms with Gasteiger partial charge < -0.3 is 4.57 Å². The number of thiazole rings is 1. The van der Waals surface area contributed by atoms with Crippen molar-refractivity contribution >= 4 is 29.0 Å². The number of hydrogen-bond donors (Lipinski definition) is 1. The molecule has 0 aliphatic rings. The van der Waals surface area contributed by atoms with Crippen molar-refractivity contribution in [2.24, 2.45) is 4.99 Å². The second kappa shape index (κ2) is 7.38. The van der Waals surface area contributed by atoms with Gasteiger partial charge in [-0.25, -0.2) is 4.98 Å². The summed E-state index contributed by atoms with van der Waals surface area (Å²) in [4.78, 5) is 20.9. The van der Waals surface area contributed by atoms with Gasteiger partial charge in [-0.2, -0.15) is 10.1 Å². The number of aromatic nitrogens is 4. The summed E-state index contributed by atoms with van der Waals surface area (Å²) >= 11 is 2.75. The lowest BCUT2D eigenvalue weighted by Gasteiger charge is -2.03. The number of nitrogens with zero attached hydrogens (tertiary/aromatic N) is 4. The fourth-order valence-electron chi connectivity index (χ4n) is 1.93. The van der Waals surface area contributed by atoms with Gasteiger partial charge in [0, 0.05) is 18.1 Å². The predicted molar refractivity (Wildman–Crippen MR) is 90.3 cm³/mol. The predicted octanol–water partition coefficient (Wildman–Crippen LogP) is 2.24. The van der Waals surface area contributed by atoms with Crippen LogP contribution in [0.4, 0.5) is 0 Å². The molecule has 0 unspecified atom stereocenters. The van der Waals surface area contributed by atoms with Crippen molar-refractivity contribution in [3.8, 4) is 0 Å². The third kappa shape index (κ3) is 4.40. The van der Waals surface area contributed by atoms with Crippen LogP contribution in [0.3, 0.4) is 0 Å². The number of H-pyrrole nitrogens is 1. The van der Waals surface area contributed by atoms with E-state index in [1.165, 1.54) is 40.6 Å².